The Bertz CT molecular complexity index is 329. The molecule has 1 aliphatic rings. The van der Waals surface area contributed by atoms with Crippen molar-refractivity contribution in [2.24, 2.45) is 5.92 Å². The maximum atomic E-state index is 9.16. The van der Waals surface area contributed by atoms with E-state index < -0.39 is 0 Å². The Morgan fingerprint density at radius 3 is 2.27 bits per heavy atom. The van der Waals surface area contributed by atoms with Crippen molar-refractivity contribution in [1.82, 2.24) is 0 Å². The van der Waals surface area contributed by atoms with Gasteiger partial charge < -0.3 is 10.8 Å². The molecule has 2 unspecified atom stereocenters. The molecular weight excluding hydrogens is 186 g/mol. The molecule has 0 saturated heterocycles. The van der Waals surface area contributed by atoms with E-state index in [0.717, 1.165) is 12.1 Å². The van der Waals surface area contributed by atoms with Crippen LogP contribution >= 0.6 is 0 Å². The lowest BCUT2D eigenvalue weighted by Gasteiger charge is -1.99. The third kappa shape index (κ3) is 2.75. The first-order valence-corrected chi connectivity index (χ1v) is 5.41. The van der Waals surface area contributed by atoms with Gasteiger partial charge in [0.15, 0.2) is 0 Å². The molecule has 82 valence electrons. The smallest absolute Gasteiger partial charge is 0.0888 e. The average molecular weight is 205 g/mol. The van der Waals surface area contributed by atoms with Gasteiger partial charge in [-0.3, -0.25) is 0 Å². The predicted molar refractivity (Wildman–Crippen MR) is 64.8 cm³/mol. The monoisotopic (exact) mass is 205 g/mol. The molecule has 0 amide bonds. The van der Waals surface area contributed by atoms with Gasteiger partial charge in [-0.05, 0) is 30.0 Å². The van der Waals surface area contributed by atoms with E-state index in [-0.39, 0.29) is 5.92 Å². The molecule has 2 nitrogen and oxygen atoms in total. The third-order valence-electron chi connectivity index (χ3n) is 2.58. The van der Waals surface area contributed by atoms with Crippen molar-refractivity contribution in [3.8, 4) is 0 Å². The molecule has 0 spiro atoms. The van der Waals surface area contributed by atoms with Gasteiger partial charge in [0.1, 0.15) is 0 Å². The Morgan fingerprint density at radius 2 is 1.87 bits per heavy atom. The minimum absolute atomic E-state index is 0.267. The molecule has 1 aromatic rings. The Hall–Kier alpha value is -1.44. The molecular formula is C13H19NO. The lowest BCUT2D eigenvalue weighted by atomic mass is 10.1. The highest BCUT2D eigenvalue weighted by atomic mass is 16.3. The lowest BCUT2D eigenvalue weighted by Crippen LogP contribution is -1.88. The second-order valence-corrected chi connectivity index (χ2v) is 3.61. The van der Waals surface area contributed by atoms with E-state index in [0.29, 0.717) is 11.7 Å². The SMILES string of the molecule is C=C(O)C1CC1c1ccc(N)cc1.CC. The van der Waals surface area contributed by atoms with Crippen LogP contribution in [0, 0.1) is 5.92 Å². The Kier molecular flexibility index (Phi) is 3.78. The normalized spacial score (nSPS) is 22.5. The van der Waals surface area contributed by atoms with Crippen molar-refractivity contribution in [3.05, 3.63) is 42.2 Å². The zero-order valence-corrected chi connectivity index (χ0v) is 9.40. The maximum Gasteiger partial charge on any atom is 0.0888 e. The van der Waals surface area contributed by atoms with Crippen molar-refractivity contribution in [2.75, 3.05) is 5.73 Å². The molecule has 1 aromatic carbocycles. The minimum Gasteiger partial charge on any atom is -0.513 e. The molecule has 0 aromatic heterocycles. The van der Waals surface area contributed by atoms with Gasteiger partial charge >= 0.3 is 0 Å². The quantitative estimate of drug-likeness (QED) is 0.573. The Labute approximate surface area is 91.4 Å². The summed E-state index contributed by atoms with van der Waals surface area (Å²) >= 11 is 0. The van der Waals surface area contributed by atoms with Crippen LogP contribution in [0.25, 0.3) is 0 Å². The molecule has 2 heteroatoms. The zero-order valence-electron chi connectivity index (χ0n) is 9.40. The van der Waals surface area contributed by atoms with E-state index in [4.69, 9.17) is 10.8 Å². The highest BCUT2D eigenvalue weighted by Crippen LogP contribution is 2.50. The van der Waals surface area contributed by atoms with Gasteiger partial charge in [-0.25, -0.2) is 0 Å². The summed E-state index contributed by atoms with van der Waals surface area (Å²) in [5.74, 6) is 1.03. The summed E-state index contributed by atoms with van der Waals surface area (Å²) in [6, 6.07) is 7.82. The predicted octanol–water partition coefficient (Wildman–Crippen LogP) is 3.47. The fourth-order valence-electron chi connectivity index (χ4n) is 1.67. The molecule has 1 fully saturated rings. The summed E-state index contributed by atoms with van der Waals surface area (Å²) in [6.45, 7) is 7.54. The van der Waals surface area contributed by atoms with Crippen molar-refractivity contribution < 1.29 is 5.11 Å². The number of allylic oxidation sites excluding steroid dienone is 1. The van der Waals surface area contributed by atoms with E-state index in [1.54, 1.807) is 0 Å². The Morgan fingerprint density at radius 1 is 1.33 bits per heavy atom. The van der Waals surface area contributed by atoms with Crippen LogP contribution in [0.1, 0.15) is 31.7 Å². The van der Waals surface area contributed by atoms with Crippen LogP contribution in [0.15, 0.2) is 36.6 Å². The van der Waals surface area contributed by atoms with Gasteiger partial charge in [-0.2, -0.15) is 0 Å². The summed E-state index contributed by atoms with van der Waals surface area (Å²) in [6.07, 6.45) is 1.01. The first kappa shape index (κ1) is 11.6. The number of benzene rings is 1. The van der Waals surface area contributed by atoms with Crippen LogP contribution in [0.2, 0.25) is 0 Å². The molecule has 2 atom stereocenters. The summed E-state index contributed by atoms with van der Waals surface area (Å²) in [7, 11) is 0. The number of nitrogen functional groups attached to an aromatic ring is 1. The first-order chi connectivity index (χ1) is 7.18. The second kappa shape index (κ2) is 4.87. The molecule has 0 aliphatic heterocycles. The second-order valence-electron chi connectivity index (χ2n) is 3.61. The molecule has 1 saturated carbocycles. The molecule has 15 heavy (non-hydrogen) atoms. The average Bonchev–Trinajstić information content (AvgIpc) is 3.02. The first-order valence-electron chi connectivity index (χ1n) is 5.41. The van der Waals surface area contributed by atoms with Crippen LogP contribution in [0.3, 0.4) is 0 Å². The molecule has 0 bridgehead atoms. The molecule has 0 radical (unpaired) electrons. The summed E-state index contributed by atoms with van der Waals surface area (Å²) in [4.78, 5) is 0. The van der Waals surface area contributed by atoms with Crippen molar-refractivity contribution in [3.63, 3.8) is 0 Å². The number of rotatable bonds is 2. The van der Waals surface area contributed by atoms with Gasteiger partial charge in [-0.1, -0.05) is 32.6 Å². The van der Waals surface area contributed by atoms with Gasteiger partial charge in [-0.15, -0.1) is 0 Å². The zero-order chi connectivity index (χ0) is 11.4. The van der Waals surface area contributed by atoms with Crippen LogP contribution in [-0.4, -0.2) is 5.11 Å². The van der Waals surface area contributed by atoms with Gasteiger partial charge in [0.05, 0.1) is 5.76 Å². The number of anilines is 1. The van der Waals surface area contributed by atoms with Crippen molar-refractivity contribution in [1.29, 1.82) is 0 Å². The van der Waals surface area contributed by atoms with E-state index in [1.807, 2.05) is 38.1 Å². The molecule has 3 N–H and O–H groups in total. The van der Waals surface area contributed by atoms with Crippen LogP contribution in [-0.2, 0) is 0 Å². The van der Waals surface area contributed by atoms with Crippen LogP contribution < -0.4 is 5.73 Å². The van der Waals surface area contributed by atoms with Crippen LogP contribution in [0.4, 0.5) is 5.69 Å². The fourth-order valence-corrected chi connectivity index (χ4v) is 1.67. The van der Waals surface area contributed by atoms with E-state index >= 15 is 0 Å². The number of aliphatic hydroxyl groups is 1. The number of hydrogen-bond acceptors (Lipinski definition) is 2. The van der Waals surface area contributed by atoms with Gasteiger partial charge in [0.2, 0.25) is 0 Å². The number of hydrogen-bond donors (Lipinski definition) is 2. The minimum atomic E-state index is 0.267. The fraction of sp³-hybridized carbons (Fsp3) is 0.385. The number of aliphatic hydroxyl groups excluding tert-OH is 1. The van der Waals surface area contributed by atoms with E-state index in [9.17, 15) is 0 Å². The standard InChI is InChI=1S/C11H13NO.C2H6/c1-7(13)10-6-11(10)8-2-4-9(12)5-3-8;1-2/h2-5,10-11,13H,1,6,12H2;1-2H3. The van der Waals surface area contributed by atoms with E-state index in [1.165, 1.54) is 5.56 Å². The third-order valence-corrected chi connectivity index (χ3v) is 2.58. The lowest BCUT2D eigenvalue weighted by molar-refractivity contribution is 0.379. The largest absolute Gasteiger partial charge is 0.513 e. The topological polar surface area (TPSA) is 46.2 Å². The Balaban J connectivity index is 0.000000531. The summed E-state index contributed by atoms with van der Waals surface area (Å²) < 4.78 is 0. The van der Waals surface area contributed by atoms with E-state index in [2.05, 4.69) is 6.58 Å². The summed E-state index contributed by atoms with van der Waals surface area (Å²) in [5, 5.41) is 9.16. The summed E-state index contributed by atoms with van der Waals surface area (Å²) in [5.41, 5.74) is 7.60. The van der Waals surface area contributed by atoms with Gasteiger partial charge in [0.25, 0.3) is 0 Å². The highest BCUT2D eigenvalue weighted by molar-refractivity contribution is 5.42. The maximum absolute atomic E-state index is 9.16. The molecule has 2 rings (SSSR count). The number of nitrogens with two attached hydrogens (primary N) is 1. The van der Waals surface area contributed by atoms with Crippen LogP contribution in [0.5, 0.6) is 0 Å². The molecule has 1 aliphatic carbocycles. The molecule has 0 heterocycles. The highest BCUT2D eigenvalue weighted by Gasteiger charge is 2.40. The van der Waals surface area contributed by atoms with Crippen molar-refractivity contribution in [2.45, 2.75) is 26.2 Å². The van der Waals surface area contributed by atoms with Crippen molar-refractivity contribution >= 4 is 5.69 Å². The van der Waals surface area contributed by atoms with Gasteiger partial charge in [0, 0.05) is 11.6 Å².